The Labute approximate surface area is 120 Å². The normalized spacial score (nSPS) is 10.4. The number of carbonyl (C=O) groups excluding carboxylic acids is 1. The lowest BCUT2D eigenvalue weighted by molar-refractivity contribution is -0.119. The summed E-state index contributed by atoms with van der Waals surface area (Å²) in [6, 6.07) is 1.82. The van der Waals surface area contributed by atoms with Gasteiger partial charge in [0.1, 0.15) is 17.5 Å². The van der Waals surface area contributed by atoms with Gasteiger partial charge in [-0.2, -0.15) is 0 Å². The molecule has 0 saturated heterocycles. The Bertz CT molecular complexity index is 434. The molecule has 112 valence electrons. The van der Waals surface area contributed by atoms with Crippen LogP contribution in [-0.4, -0.2) is 35.5 Å². The molecule has 1 amide bonds. The van der Waals surface area contributed by atoms with Crippen molar-refractivity contribution in [1.29, 1.82) is 0 Å². The molecule has 6 heteroatoms. The SMILES string of the molecule is CCCNC(=O)CNc1cc(NCC)nc(C(C)C)n1. The molecule has 20 heavy (non-hydrogen) atoms. The summed E-state index contributed by atoms with van der Waals surface area (Å²) >= 11 is 0. The van der Waals surface area contributed by atoms with Gasteiger partial charge in [-0.15, -0.1) is 0 Å². The topological polar surface area (TPSA) is 78.9 Å². The van der Waals surface area contributed by atoms with Crippen LogP contribution in [0, 0.1) is 0 Å². The fourth-order valence-electron chi connectivity index (χ4n) is 1.58. The minimum atomic E-state index is -0.0263. The summed E-state index contributed by atoms with van der Waals surface area (Å²) in [5, 5.41) is 9.04. The first kappa shape index (κ1) is 16.2. The number of amides is 1. The first-order valence-corrected chi connectivity index (χ1v) is 7.20. The molecule has 0 aromatic carbocycles. The lowest BCUT2D eigenvalue weighted by Crippen LogP contribution is -2.30. The van der Waals surface area contributed by atoms with Crippen LogP contribution in [0.4, 0.5) is 11.6 Å². The van der Waals surface area contributed by atoms with E-state index in [0.717, 1.165) is 24.6 Å². The molecule has 0 saturated carbocycles. The van der Waals surface area contributed by atoms with Gasteiger partial charge in [0.25, 0.3) is 0 Å². The number of hydrogen-bond donors (Lipinski definition) is 3. The van der Waals surface area contributed by atoms with Gasteiger partial charge in [0, 0.05) is 25.1 Å². The molecule has 1 rings (SSSR count). The number of nitrogens with one attached hydrogen (secondary N) is 3. The van der Waals surface area contributed by atoms with Crippen molar-refractivity contribution in [3.05, 3.63) is 11.9 Å². The van der Waals surface area contributed by atoms with Crippen LogP contribution in [0.25, 0.3) is 0 Å². The second-order valence-corrected chi connectivity index (χ2v) is 4.89. The molecule has 0 aliphatic rings. The molecule has 1 aromatic rings. The van der Waals surface area contributed by atoms with Crippen LogP contribution in [0.5, 0.6) is 0 Å². The Morgan fingerprint density at radius 1 is 1.20 bits per heavy atom. The lowest BCUT2D eigenvalue weighted by atomic mass is 10.2. The molecule has 3 N–H and O–H groups in total. The minimum Gasteiger partial charge on any atom is -0.370 e. The highest BCUT2D eigenvalue weighted by molar-refractivity contribution is 5.80. The Morgan fingerprint density at radius 2 is 1.85 bits per heavy atom. The summed E-state index contributed by atoms with van der Waals surface area (Å²) in [7, 11) is 0. The predicted octanol–water partition coefficient (Wildman–Crippen LogP) is 1.97. The summed E-state index contributed by atoms with van der Waals surface area (Å²) in [4.78, 5) is 20.4. The Morgan fingerprint density at radius 3 is 2.40 bits per heavy atom. The lowest BCUT2D eigenvalue weighted by Gasteiger charge is -2.12. The van der Waals surface area contributed by atoms with Crippen molar-refractivity contribution in [1.82, 2.24) is 15.3 Å². The van der Waals surface area contributed by atoms with E-state index < -0.39 is 0 Å². The van der Waals surface area contributed by atoms with Gasteiger partial charge in [0.2, 0.25) is 5.91 Å². The van der Waals surface area contributed by atoms with Gasteiger partial charge in [-0.25, -0.2) is 9.97 Å². The highest BCUT2D eigenvalue weighted by atomic mass is 16.1. The van der Waals surface area contributed by atoms with Gasteiger partial charge >= 0.3 is 0 Å². The zero-order chi connectivity index (χ0) is 15.0. The third-order valence-corrected chi connectivity index (χ3v) is 2.62. The van der Waals surface area contributed by atoms with Crippen LogP contribution in [0.2, 0.25) is 0 Å². The minimum absolute atomic E-state index is 0.0263. The highest BCUT2D eigenvalue weighted by Gasteiger charge is 2.08. The maximum Gasteiger partial charge on any atom is 0.239 e. The summed E-state index contributed by atoms with van der Waals surface area (Å²) in [5.41, 5.74) is 0. The fraction of sp³-hybridized carbons (Fsp3) is 0.643. The van der Waals surface area contributed by atoms with Gasteiger partial charge in [0.15, 0.2) is 0 Å². The summed E-state index contributed by atoms with van der Waals surface area (Å²) < 4.78 is 0. The maximum atomic E-state index is 11.6. The van der Waals surface area contributed by atoms with Crippen LogP contribution in [0.15, 0.2) is 6.07 Å². The maximum absolute atomic E-state index is 11.6. The first-order valence-electron chi connectivity index (χ1n) is 7.20. The molecular weight excluding hydrogens is 254 g/mol. The first-order chi connectivity index (χ1) is 9.56. The Balaban J connectivity index is 2.70. The molecule has 0 aliphatic heterocycles. The van der Waals surface area contributed by atoms with Gasteiger partial charge < -0.3 is 16.0 Å². The van der Waals surface area contributed by atoms with Crippen LogP contribution in [0.3, 0.4) is 0 Å². The molecule has 1 heterocycles. The van der Waals surface area contributed by atoms with E-state index in [0.29, 0.717) is 12.4 Å². The zero-order valence-electron chi connectivity index (χ0n) is 12.8. The van der Waals surface area contributed by atoms with Crippen LogP contribution in [-0.2, 0) is 4.79 Å². The average Bonchev–Trinajstić information content (AvgIpc) is 2.43. The average molecular weight is 279 g/mol. The number of rotatable bonds is 8. The second-order valence-electron chi connectivity index (χ2n) is 4.89. The van der Waals surface area contributed by atoms with E-state index in [9.17, 15) is 4.79 Å². The number of hydrogen-bond acceptors (Lipinski definition) is 5. The monoisotopic (exact) mass is 279 g/mol. The summed E-state index contributed by atoms with van der Waals surface area (Å²) in [6.07, 6.45) is 0.932. The van der Waals surface area contributed by atoms with E-state index in [4.69, 9.17) is 0 Å². The number of carbonyl (C=O) groups is 1. The van der Waals surface area contributed by atoms with Crippen molar-refractivity contribution in [3.8, 4) is 0 Å². The zero-order valence-corrected chi connectivity index (χ0v) is 12.8. The second kappa shape index (κ2) is 8.35. The molecule has 0 atom stereocenters. The summed E-state index contributed by atoms with van der Waals surface area (Å²) in [6.45, 7) is 9.85. The standard InChI is InChI=1S/C14H25N5O/c1-5-7-16-13(20)9-17-12-8-11(15-6-2)18-14(19-12)10(3)4/h8,10H,5-7,9H2,1-4H3,(H,16,20)(H2,15,17,18,19). The van der Waals surface area contributed by atoms with E-state index in [1.165, 1.54) is 0 Å². The highest BCUT2D eigenvalue weighted by Crippen LogP contribution is 2.16. The van der Waals surface area contributed by atoms with Crippen molar-refractivity contribution in [2.45, 2.75) is 40.0 Å². The number of anilines is 2. The smallest absolute Gasteiger partial charge is 0.239 e. The van der Waals surface area contributed by atoms with E-state index in [1.807, 2.05) is 33.8 Å². The predicted molar refractivity (Wildman–Crippen MR) is 82.1 cm³/mol. The number of aromatic nitrogens is 2. The molecule has 0 spiro atoms. The van der Waals surface area contributed by atoms with Crippen molar-refractivity contribution in [3.63, 3.8) is 0 Å². The third kappa shape index (κ3) is 5.42. The van der Waals surface area contributed by atoms with Gasteiger partial charge in [-0.05, 0) is 13.3 Å². The van der Waals surface area contributed by atoms with E-state index in [-0.39, 0.29) is 18.4 Å². The molecule has 0 aliphatic carbocycles. The van der Waals surface area contributed by atoms with Crippen LogP contribution in [0.1, 0.15) is 45.9 Å². The summed E-state index contributed by atoms with van der Waals surface area (Å²) in [5.74, 6) is 2.43. The molecule has 6 nitrogen and oxygen atoms in total. The van der Waals surface area contributed by atoms with E-state index in [1.54, 1.807) is 0 Å². The fourth-order valence-corrected chi connectivity index (χ4v) is 1.58. The Hall–Kier alpha value is -1.85. The van der Waals surface area contributed by atoms with Crippen molar-refractivity contribution in [2.75, 3.05) is 30.3 Å². The molecule has 0 radical (unpaired) electrons. The molecule has 0 fully saturated rings. The molecule has 0 unspecified atom stereocenters. The Kier molecular flexibility index (Phi) is 6.76. The largest absolute Gasteiger partial charge is 0.370 e. The third-order valence-electron chi connectivity index (χ3n) is 2.62. The quantitative estimate of drug-likeness (QED) is 0.678. The van der Waals surface area contributed by atoms with Crippen molar-refractivity contribution < 1.29 is 4.79 Å². The number of nitrogens with zero attached hydrogens (tertiary/aromatic N) is 2. The molecule has 0 bridgehead atoms. The van der Waals surface area contributed by atoms with E-state index in [2.05, 4.69) is 25.9 Å². The van der Waals surface area contributed by atoms with Gasteiger partial charge in [-0.1, -0.05) is 20.8 Å². The molecule has 1 aromatic heterocycles. The van der Waals surface area contributed by atoms with Gasteiger partial charge in [0.05, 0.1) is 6.54 Å². The van der Waals surface area contributed by atoms with Crippen LogP contribution < -0.4 is 16.0 Å². The van der Waals surface area contributed by atoms with Crippen molar-refractivity contribution in [2.24, 2.45) is 0 Å². The molecular formula is C14H25N5O. The van der Waals surface area contributed by atoms with Gasteiger partial charge in [-0.3, -0.25) is 4.79 Å². The van der Waals surface area contributed by atoms with Crippen LogP contribution >= 0.6 is 0 Å². The van der Waals surface area contributed by atoms with Crippen molar-refractivity contribution >= 4 is 17.5 Å². The van der Waals surface area contributed by atoms with E-state index >= 15 is 0 Å².